The van der Waals surface area contributed by atoms with Crippen molar-refractivity contribution in [3.05, 3.63) is 52.8 Å². The summed E-state index contributed by atoms with van der Waals surface area (Å²) in [4.78, 5) is 23.9. The summed E-state index contributed by atoms with van der Waals surface area (Å²) in [5, 5.41) is 18.7. The van der Waals surface area contributed by atoms with E-state index >= 15 is 0 Å². The maximum atomic E-state index is 11.6. The van der Waals surface area contributed by atoms with Gasteiger partial charge in [0.2, 0.25) is 5.91 Å². The van der Waals surface area contributed by atoms with E-state index in [1.54, 1.807) is 13.3 Å². The van der Waals surface area contributed by atoms with Crippen LogP contribution in [0.25, 0.3) is 10.9 Å². The Kier molecular flexibility index (Phi) is 12.6. The molecule has 8 nitrogen and oxygen atoms in total. The molecule has 0 spiro atoms. The first-order chi connectivity index (χ1) is 17.0. The topological polar surface area (TPSA) is 99.6 Å². The number of piperidine rings is 1. The molecule has 0 saturated carbocycles. The number of benzene rings is 1. The Bertz CT molecular complexity index is 1260. The Morgan fingerprint density at radius 1 is 1.26 bits per heavy atom. The van der Waals surface area contributed by atoms with Gasteiger partial charge >= 0.3 is 0 Å². The van der Waals surface area contributed by atoms with Crippen molar-refractivity contribution in [3.63, 3.8) is 0 Å². The van der Waals surface area contributed by atoms with Crippen LogP contribution in [0, 0.1) is 0 Å². The van der Waals surface area contributed by atoms with Crippen LogP contribution in [-0.4, -0.2) is 70.5 Å². The summed E-state index contributed by atoms with van der Waals surface area (Å²) in [5.74, 6) is 1.80. The molecule has 4 heterocycles. The van der Waals surface area contributed by atoms with Crippen molar-refractivity contribution in [1.29, 1.82) is 0 Å². The van der Waals surface area contributed by atoms with E-state index in [2.05, 4.69) is 25.5 Å². The summed E-state index contributed by atoms with van der Waals surface area (Å²) in [6.07, 6.45) is 2.81. The van der Waals surface area contributed by atoms with Gasteiger partial charge in [-0.1, -0.05) is 11.6 Å². The normalized spacial score (nSPS) is 18.9. The number of carbonyl (C=O) groups excluding carboxylic acids is 1. The number of hydrogen-bond donors (Lipinski definition) is 3. The Morgan fingerprint density at radius 2 is 2.08 bits per heavy atom. The van der Waals surface area contributed by atoms with Crippen LogP contribution in [-0.2, 0) is 17.8 Å². The van der Waals surface area contributed by atoms with Gasteiger partial charge in [-0.15, -0.1) is 49.0 Å². The Balaban J connectivity index is 0.00000169. The Hall–Kier alpha value is -1.56. The lowest BCUT2D eigenvalue weighted by Crippen LogP contribution is -2.52. The van der Waals surface area contributed by atoms with Crippen LogP contribution in [0.15, 0.2) is 41.4 Å². The molecule has 2 aliphatic rings. The van der Waals surface area contributed by atoms with Crippen molar-refractivity contribution in [1.82, 2.24) is 20.2 Å². The number of pyridine rings is 2. The van der Waals surface area contributed by atoms with E-state index in [1.807, 2.05) is 30.3 Å². The van der Waals surface area contributed by atoms with E-state index in [9.17, 15) is 9.90 Å². The third-order valence-electron chi connectivity index (χ3n) is 6.56. The zero-order chi connectivity index (χ0) is 24.4. The van der Waals surface area contributed by atoms with Gasteiger partial charge in [0.25, 0.3) is 0 Å². The van der Waals surface area contributed by atoms with Crippen molar-refractivity contribution >= 4 is 83.2 Å². The predicted octanol–water partition coefficient (Wildman–Crippen LogP) is 4.37. The third-order valence-corrected chi connectivity index (χ3v) is 7.93. The molecule has 0 bridgehead atoms. The van der Waals surface area contributed by atoms with Gasteiger partial charge in [-0.05, 0) is 55.3 Å². The second-order valence-corrected chi connectivity index (χ2v) is 10.3. The molecule has 2 aromatic heterocycles. The fraction of sp³-hybridized carbons (Fsp3) is 0.400. The number of thioether (sulfide) groups is 1. The maximum absolute atomic E-state index is 11.6. The number of halogens is 4. The minimum absolute atomic E-state index is 0. The summed E-state index contributed by atoms with van der Waals surface area (Å²) in [6.45, 7) is 2.80. The number of carbonyl (C=O) groups is 1. The smallest absolute Gasteiger partial charge is 0.235 e. The average Bonchev–Trinajstić information content (AvgIpc) is 2.87. The second-order valence-electron chi connectivity index (χ2n) is 8.85. The molecule has 1 amide bonds. The molecule has 13 heteroatoms. The van der Waals surface area contributed by atoms with Gasteiger partial charge in [-0.25, -0.2) is 4.98 Å². The first-order valence-corrected chi connectivity index (χ1v) is 13.0. The highest BCUT2D eigenvalue weighted by Crippen LogP contribution is 2.30. The number of amides is 1. The number of nitrogens with one attached hydrogen (secondary N) is 2. The molecular formula is C25H31Cl4N5O3S. The number of hydrogen-bond acceptors (Lipinski definition) is 8. The molecule has 2 atom stereocenters. The largest absolute Gasteiger partial charge is 0.497 e. The van der Waals surface area contributed by atoms with Crippen LogP contribution in [0.3, 0.4) is 0 Å². The number of aliphatic hydroxyl groups excluding tert-OH is 1. The number of anilines is 1. The minimum Gasteiger partial charge on any atom is -0.497 e. The van der Waals surface area contributed by atoms with Gasteiger partial charge < -0.3 is 25.4 Å². The number of rotatable bonds is 7. The fourth-order valence-electron chi connectivity index (χ4n) is 4.63. The van der Waals surface area contributed by atoms with Gasteiger partial charge in [0.15, 0.2) is 0 Å². The molecule has 208 valence electrons. The lowest BCUT2D eigenvalue weighted by Gasteiger charge is -2.36. The van der Waals surface area contributed by atoms with E-state index < -0.39 is 6.10 Å². The van der Waals surface area contributed by atoms with Crippen LogP contribution < -0.4 is 15.4 Å². The fourth-order valence-corrected chi connectivity index (χ4v) is 5.63. The van der Waals surface area contributed by atoms with E-state index in [1.165, 1.54) is 11.8 Å². The van der Waals surface area contributed by atoms with Crippen molar-refractivity contribution in [2.24, 2.45) is 0 Å². The van der Waals surface area contributed by atoms with Gasteiger partial charge in [-0.3, -0.25) is 9.78 Å². The van der Waals surface area contributed by atoms with Crippen molar-refractivity contribution in [2.45, 2.75) is 36.4 Å². The SMILES string of the molecule is COc1ccc2ncc(Cl)c(CCN3CC[C@H](NCc4ccc5c(n4)NC(=O)CS5)[C@@H](O)C3)c2c1.Cl.Cl.Cl. The maximum Gasteiger partial charge on any atom is 0.235 e. The molecule has 3 N–H and O–H groups in total. The van der Waals surface area contributed by atoms with Crippen LogP contribution in [0.1, 0.15) is 17.7 Å². The molecule has 0 unspecified atom stereocenters. The number of fused-ring (bicyclic) bond motifs is 2. The number of aliphatic hydroxyl groups is 1. The standard InChI is InChI=1S/C25H28ClN5O3S.3ClH/c1-34-16-3-4-20-18(10-16)17(19(26)12-28-20)6-8-31-9-7-21(22(32)13-31)27-11-15-2-5-23-25(29-15)30-24(33)14-35-23;;;/h2-5,10,12,21-22,27,32H,6-9,11,13-14H2,1H3,(H,29,30,33);3*1H/t21-,22-;;;/m0.../s1. The molecule has 38 heavy (non-hydrogen) atoms. The molecule has 0 radical (unpaired) electrons. The van der Waals surface area contributed by atoms with Crippen LogP contribution in [0.4, 0.5) is 5.82 Å². The first kappa shape index (κ1) is 32.7. The summed E-state index contributed by atoms with van der Waals surface area (Å²) in [5.41, 5.74) is 2.78. The molecule has 1 aromatic carbocycles. The van der Waals surface area contributed by atoms with E-state index in [4.69, 9.17) is 16.3 Å². The summed E-state index contributed by atoms with van der Waals surface area (Å²) < 4.78 is 5.38. The highest BCUT2D eigenvalue weighted by Gasteiger charge is 2.27. The van der Waals surface area contributed by atoms with E-state index in [0.29, 0.717) is 29.7 Å². The predicted molar refractivity (Wildman–Crippen MR) is 160 cm³/mol. The van der Waals surface area contributed by atoms with Crippen LogP contribution >= 0.6 is 60.6 Å². The van der Waals surface area contributed by atoms with Crippen molar-refractivity contribution < 1.29 is 14.6 Å². The lowest BCUT2D eigenvalue weighted by molar-refractivity contribution is -0.113. The van der Waals surface area contributed by atoms with Gasteiger partial charge in [0, 0.05) is 37.3 Å². The molecular weight excluding hydrogens is 592 g/mol. The number of methoxy groups -OCH3 is 1. The number of ether oxygens (including phenoxy) is 1. The van der Waals surface area contributed by atoms with Crippen molar-refractivity contribution in [2.75, 3.05) is 37.8 Å². The second kappa shape index (κ2) is 14.7. The number of β-amino-alcohol motifs (C(OH)–C–C–N with tert-alkyl or cyclic N) is 1. The number of likely N-dealkylation sites (tertiary alicyclic amines) is 1. The van der Waals surface area contributed by atoms with E-state index in [0.717, 1.165) is 58.7 Å². The molecule has 5 rings (SSSR count). The van der Waals surface area contributed by atoms with Gasteiger partial charge in [-0.2, -0.15) is 0 Å². The Labute approximate surface area is 249 Å². The number of aromatic nitrogens is 2. The zero-order valence-electron chi connectivity index (χ0n) is 20.7. The highest BCUT2D eigenvalue weighted by atomic mass is 35.5. The molecule has 1 saturated heterocycles. The zero-order valence-corrected chi connectivity index (χ0v) is 24.7. The van der Waals surface area contributed by atoms with Crippen molar-refractivity contribution in [3.8, 4) is 5.75 Å². The first-order valence-electron chi connectivity index (χ1n) is 11.7. The quantitative estimate of drug-likeness (QED) is 0.357. The van der Waals surface area contributed by atoms with Crippen LogP contribution in [0.2, 0.25) is 5.02 Å². The van der Waals surface area contributed by atoms with E-state index in [-0.39, 0.29) is 49.2 Å². The Morgan fingerprint density at radius 3 is 2.84 bits per heavy atom. The van der Waals surface area contributed by atoms with Gasteiger partial charge in [0.1, 0.15) is 11.6 Å². The average molecular weight is 623 g/mol. The molecule has 2 aliphatic heterocycles. The number of nitrogens with zero attached hydrogens (tertiary/aromatic N) is 3. The summed E-state index contributed by atoms with van der Waals surface area (Å²) in [7, 11) is 1.65. The molecule has 0 aliphatic carbocycles. The monoisotopic (exact) mass is 621 g/mol. The highest BCUT2D eigenvalue weighted by molar-refractivity contribution is 8.00. The summed E-state index contributed by atoms with van der Waals surface area (Å²) in [6, 6.07) is 9.77. The van der Waals surface area contributed by atoms with Crippen LogP contribution in [0.5, 0.6) is 5.75 Å². The third kappa shape index (κ3) is 7.55. The summed E-state index contributed by atoms with van der Waals surface area (Å²) >= 11 is 8.01. The minimum atomic E-state index is -0.485. The lowest BCUT2D eigenvalue weighted by atomic mass is 10.00. The molecule has 1 fully saturated rings. The van der Waals surface area contributed by atoms with Gasteiger partial charge in [0.05, 0.1) is 40.1 Å². The molecule has 3 aromatic rings.